The van der Waals surface area contributed by atoms with Crippen molar-refractivity contribution in [1.82, 2.24) is 5.32 Å². The molecule has 1 atom stereocenters. The number of hydrogen-bond acceptors (Lipinski definition) is 3. The van der Waals surface area contributed by atoms with Gasteiger partial charge in [0.1, 0.15) is 0 Å². The fourth-order valence-electron chi connectivity index (χ4n) is 2.75. The van der Waals surface area contributed by atoms with E-state index in [0.717, 1.165) is 11.8 Å². The van der Waals surface area contributed by atoms with Gasteiger partial charge in [0.2, 0.25) is 0 Å². The van der Waals surface area contributed by atoms with Crippen molar-refractivity contribution in [2.45, 2.75) is 63.7 Å². The van der Waals surface area contributed by atoms with Crippen LogP contribution in [0, 0.1) is 0 Å². The van der Waals surface area contributed by atoms with E-state index < -0.39 is 0 Å². The van der Waals surface area contributed by atoms with E-state index in [2.05, 4.69) is 43.1 Å². The number of nitrogens with one attached hydrogen (secondary N) is 1. The third kappa shape index (κ3) is 5.13. The lowest BCUT2D eigenvalue weighted by Crippen LogP contribution is -2.33. The van der Waals surface area contributed by atoms with Gasteiger partial charge in [0.25, 0.3) is 0 Å². The summed E-state index contributed by atoms with van der Waals surface area (Å²) >= 11 is 4.20. The summed E-state index contributed by atoms with van der Waals surface area (Å²) in [4.78, 5) is 3.07. The van der Waals surface area contributed by atoms with Crippen molar-refractivity contribution in [2.75, 3.05) is 12.3 Å². The van der Waals surface area contributed by atoms with Crippen LogP contribution in [0.4, 0.5) is 0 Å². The van der Waals surface area contributed by atoms with E-state index in [0.29, 0.717) is 6.04 Å². The van der Waals surface area contributed by atoms with Gasteiger partial charge in [-0.05, 0) is 44.4 Å². The molecule has 1 aliphatic rings. The predicted octanol–water partition coefficient (Wildman–Crippen LogP) is 4.51. The smallest absolute Gasteiger partial charge is 0.0206 e. The zero-order chi connectivity index (χ0) is 13.5. The number of thiophene rings is 1. The molecular formula is C16H27NS2. The largest absolute Gasteiger partial charge is 0.313 e. The third-order valence-corrected chi connectivity index (χ3v) is 6.63. The average molecular weight is 298 g/mol. The number of aryl methyl sites for hydroxylation is 1. The maximum atomic E-state index is 3.67. The van der Waals surface area contributed by atoms with Gasteiger partial charge in [0, 0.05) is 26.8 Å². The van der Waals surface area contributed by atoms with Crippen LogP contribution >= 0.6 is 23.1 Å². The average Bonchev–Trinajstić information content (AvgIpc) is 3.07. The Bertz CT molecular complexity index is 355. The molecule has 0 aromatic carbocycles. The zero-order valence-electron chi connectivity index (χ0n) is 12.3. The molecule has 2 rings (SSSR count). The van der Waals surface area contributed by atoms with E-state index in [1.165, 1.54) is 49.2 Å². The van der Waals surface area contributed by atoms with Gasteiger partial charge in [-0.3, -0.25) is 0 Å². The highest BCUT2D eigenvalue weighted by atomic mass is 32.2. The molecule has 1 fully saturated rings. The van der Waals surface area contributed by atoms with Crippen LogP contribution in [0.15, 0.2) is 12.1 Å². The van der Waals surface area contributed by atoms with Crippen molar-refractivity contribution in [1.29, 1.82) is 0 Å². The van der Waals surface area contributed by atoms with Crippen LogP contribution in [0.3, 0.4) is 0 Å². The first-order chi connectivity index (χ1) is 9.31. The molecule has 1 heterocycles. The van der Waals surface area contributed by atoms with E-state index in [4.69, 9.17) is 0 Å². The van der Waals surface area contributed by atoms with E-state index in [-0.39, 0.29) is 0 Å². The minimum atomic E-state index is 0.652. The summed E-state index contributed by atoms with van der Waals surface area (Å²) in [7, 11) is 0. The maximum absolute atomic E-state index is 3.67. The van der Waals surface area contributed by atoms with Gasteiger partial charge < -0.3 is 5.32 Å². The van der Waals surface area contributed by atoms with E-state index in [9.17, 15) is 0 Å². The number of likely N-dealkylation sites (N-methyl/N-ethyl adjacent to an activating group) is 1. The highest BCUT2D eigenvalue weighted by Crippen LogP contribution is 2.30. The topological polar surface area (TPSA) is 12.0 Å². The Labute approximate surface area is 126 Å². The van der Waals surface area contributed by atoms with Gasteiger partial charge in [0.15, 0.2) is 0 Å². The lowest BCUT2D eigenvalue weighted by Gasteiger charge is -2.19. The standard InChI is InChI=1S/C16H27NS2/c1-3-14-9-10-16(19-14)11-13(17-4-2)12-18-15-7-5-6-8-15/h9-10,13,15,17H,3-8,11-12H2,1-2H3. The summed E-state index contributed by atoms with van der Waals surface area (Å²) < 4.78 is 0. The summed E-state index contributed by atoms with van der Waals surface area (Å²) in [5, 5.41) is 4.61. The van der Waals surface area contributed by atoms with E-state index in [1.54, 1.807) is 4.88 Å². The molecule has 19 heavy (non-hydrogen) atoms. The van der Waals surface area contributed by atoms with Gasteiger partial charge in [-0.1, -0.05) is 26.7 Å². The Kier molecular flexibility index (Phi) is 6.75. The molecule has 1 unspecified atom stereocenters. The van der Waals surface area contributed by atoms with Crippen LogP contribution in [0.2, 0.25) is 0 Å². The molecule has 1 N–H and O–H groups in total. The Morgan fingerprint density at radius 3 is 2.63 bits per heavy atom. The Morgan fingerprint density at radius 2 is 2.00 bits per heavy atom. The predicted molar refractivity (Wildman–Crippen MR) is 89.6 cm³/mol. The molecule has 1 nitrogen and oxygen atoms in total. The first kappa shape index (κ1) is 15.4. The monoisotopic (exact) mass is 297 g/mol. The normalized spacial score (nSPS) is 18.0. The summed E-state index contributed by atoms with van der Waals surface area (Å²) in [6, 6.07) is 5.28. The minimum Gasteiger partial charge on any atom is -0.313 e. The van der Waals surface area contributed by atoms with Gasteiger partial charge >= 0.3 is 0 Å². The van der Waals surface area contributed by atoms with Crippen molar-refractivity contribution < 1.29 is 0 Å². The van der Waals surface area contributed by atoms with Crippen LogP contribution in [-0.2, 0) is 12.8 Å². The highest BCUT2D eigenvalue weighted by Gasteiger charge is 2.18. The van der Waals surface area contributed by atoms with Crippen molar-refractivity contribution in [2.24, 2.45) is 0 Å². The molecule has 0 spiro atoms. The number of hydrogen-bond donors (Lipinski definition) is 1. The second kappa shape index (κ2) is 8.33. The lowest BCUT2D eigenvalue weighted by molar-refractivity contribution is 0.575. The van der Waals surface area contributed by atoms with Crippen LogP contribution in [-0.4, -0.2) is 23.6 Å². The molecule has 3 heteroatoms. The van der Waals surface area contributed by atoms with Crippen molar-refractivity contribution in [3.05, 3.63) is 21.9 Å². The second-order valence-corrected chi connectivity index (χ2v) is 8.01. The fourth-order valence-corrected chi connectivity index (χ4v) is 5.20. The summed E-state index contributed by atoms with van der Waals surface area (Å²) in [6.07, 6.45) is 8.18. The number of rotatable bonds is 8. The molecule has 108 valence electrons. The van der Waals surface area contributed by atoms with Crippen LogP contribution < -0.4 is 5.32 Å². The van der Waals surface area contributed by atoms with Crippen molar-refractivity contribution >= 4 is 23.1 Å². The molecule has 0 aliphatic heterocycles. The molecule has 1 aromatic rings. The molecule has 0 radical (unpaired) electrons. The SMILES string of the molecule is CCNC(CSC1CCCC1)Cc1ccc(CC)s1. The first-order valence-electron chi connectivity index (χ1n) is 7.74. The quantitative estimate of drug-likeness (QED) is 0.758. The molecule has 1 aromatic heterocycles. The third-order valence-electron chi connectivity index (χ3n) is 3.84. The first-order valence-corrected chi connectivity index (χ1v) is 9.61. The molecule has 1 aliphatic carbocycles. The highest BCUT2D eigenvalue weighted by molar-refractivity contribution is 7.99. The Balaban J connectivity index is 1.80. The van der Waals surface area contributed by atoms with Crippen LogP contribution in [0.25, 0.3) is 0 Å². The molecule has 0 saturated heterocycles. The van der Waals surface area contributed by atoms with Crippen LogP contribution in [0.5, 0.6) is 0 Å². The summed E-state index contributed by atoms with van der Waals surface area (Å²) in [5.41, 5.74) is 0. The lowest BCUT2D eigenvalue weighted by atomic mass is 10.2. The van der Waals surface area contributed by atoms with Crippen molar-refractivity contribution in [3.8, 4) is 0 Å². The molecule has 0 amide bonds. The second-order valence-electron chi connectivity index (χ2n) is 5.42. The van der Waals surface area contributed by atoms with Gasteiger partial charge in [0.05, 0.1) is 0 Å². The van der Waals surface area contributed by atoms with Crippen molar-refractivity contribution in [3.63, 3.8) is 0 Å². The molecule has 1 saturated carbocycles. The van der Waals surface area contributed by atoms with Gasteiger partial charge in [-0.15, -0.1) is 11.3 Å². The van der Waals surface area contributed by atoms with E-state index in [1.807, 2.05) is 11.3 Å². The Morgan fingerprint density at radius 1 is 1.26 bits per heavy atom. The van der Waals surface area contributed by atoms with Crippen LogP contribution in [0.1, 0.15) is 49.3 Å². The van der Waals surface area contributed by atoms with E-state index >= 15 is 0 Å². The van der Waals surface area contributed by atoms with Gasteiger partial charge in [-0.25, -0.2) is 0 Å². The van der Waals surface area contributed by atoms with Gasteiger partial charge in [-0.2, -0.15) is 11.8 Å². The number of thioether (sulfide) groups is 1. The molecule has 0 bridgehead atoms. The minimum absolute atomic E-state index is 0.652. The molecular weight excluding hydrogens is 270 g/mol. The Hall–Kier alpha value is 0.01000. The maximum Gasteiger partial charge on any atom is 0.0206 e. The fraction of sp³-hybridized carbons (Fsp3) is 0.750. The summed E-state index contributed by atoms with van der Waals surface area (Å²) in [5.74, 6) is 1.28. The zero-order valence-corrected chi connectivity index (χ0v) is 13.9. The summed E-state index contributed by atoms with van der Waals surface area (Å²) in [6.45, 7) is 5.55.